The smallest absolute Gasteiger partial charge is 0.264 e. The van der Waals surface area contributed by atoms with Gasteiger partial charge in [-0.15, -0.1) is 0 Å². The predicted octanol–water partition coefficient (Wildman–Crippen LogP) is 4.20. The van der Waals surface area contributed by atoms with E-state index in [2.05, 4.69) is 4.98 Å². The van der Waals surface area contributed by atoms with Crippen molar-refractivity contribution in [3.63, 3.8) is 0 Å². The molecule has 0 fully saturated rings. The monoisotopic (exact) mass is 459 g/mol. The summed E-state index contributed by atoms with van der Waals surface area (Å²) < 4.78 is 44.6. The van der Waals surface area contributed by atoms with Gasteiger partial charge in [0, 0.05) is 25.0 Å². The summed E-state index contributed by atoms with van der Waals surface area (Å²) in [6.07, 6.45) is 1.88. The van der Waals surface area contributed by atoms with E-state index in [9.17, 15) is 8.42 Å². The van der Waals surface area contributed by atoms with E-state index in [0.29, 0.717) is 31.9 Å². The van der Waals surface area contributed by atoms with E-state index in [4.69, 9.17) is 18.1 Å². The Kier molecular flexibility index (Phi) is 8.44. The molecule has 0 radical (unpaired) electrons. The van der Waals surface area contributed by atoms with Gasteiger partial charge < -0.3 is 13.9 Å². The molecular weight excluding hydrogens is 430 g/mol. The first-order chi connectivity index (χ1) is 15.3. The van der Waals surface area contributed by atoms with Gasteiger partial charge in [-0.2, -0.15) is 8.42 Å². The van der Waals surface area contributed by atoms with E-state index in [-0.39, 0.29) is 12.7 Å². The molecule has 0 aliphatic carbocycles. The van der Waals surface area contributed by atoms with Crippen LogP contribution in [0.5, 0.6) is 5.75 Å². The van der Waals surface area contributed by atoms with E-state index >= 15 is 0 Å². The first kappa shape index (κ1) is 24.0. The highest BCUT2D eigenvalue weighted by molar-refractivity contribution is 7.85. The third-order valence-electron chi connectivity index (χ3n) is 4.78. The fraction of sp³-hybridized carbons (Fsp3) is 0.375. The number of aryl methyl sites for hydroxylation is 1. The van der Waals surface area contributed by atoms with E-state index < -0.39 is 10.1 Å². The first-order valence-corrected chi connectivity index (χ1v) is 12.3. The summed E-state index contributed by atoms with van der Waals surface area (Å²) in [6.45, 7) is 4.72. The van der Waals surface area contributed by atoms with E-state index in [1.807, 2.05) is 68.4 Å². The quantitative estimate of drug-likeness (QED) is 0.375. The molecule has 0 N–H and O–H groups in total. The molecule has 0 aliphatic heterocycles. The maximum Gasteiger partial charge on any atom is 0.264 e. The van der Waals surface area contributed by atoms with Crippen LogP contribution in [0.15, 0.2) is 59.0 Å². The summed E-state index contributed by atoms with van der Waals surface area (Å²) >= 11 is 0. The number of hydrogen-bond donors (Lipinski definition) is 0. The molecule has 8 heteroatoms. The second-order valence-corrected chi connectivity index (χ2v) is 9.04. The minimum atomic E-state index is -3.50. The third-order valence-corrected chi connectivity index (χ3v) is 5.34. The average Bonchev–Trinajstić information content (AvgIpc) is 3.14. The van der Waals surface area contributed by atoms with Crippen molar-refractivity contribution in [3.05, 3.63) is 71.6 Å². The van der Waals surface area contributed by atoms with Gasteiger partial charge in [0.05, 0.1) is 31.3 Å². The lowest BCUT2D eigenvalue weighted by Crippen LogP contribution is -2.24. The number of nitrogens with zero attached hydrogens (tertiary/aromatic N) is 1. The van der Waals surface area contributed by atoms with Crippen LogP contribution in [-0.4, -0.2) is 45.6 Å². The minimum absolute atomic E-state index is 0.00700. The minimum Gasteiger partial charge on any atom is -0.493 e. The molecule has 2 aromatic carbocycles. The van der Waals surface area contributed by atoms with E-state index in [1.54, 1.807) is 0 Å². The molecule has 32 heavy (non-hydrogen) atoms. The Morgan fingerprint density at radius 1 is 1.06 bits per heavy atom. The van der Waals surface area contributed by atoms with E-state index in [0.717, 1.165) is 34.6 Å². The molecule has 0 spiro atoms. The van der Waals surface area contributed by atoms with Gasteiger partial charge in [-0.05, 0) is 43.7 Å². The molecule has 172 valence electrons. The Bertz CT molecular complexity index is 1080. The molecule has 0 unspecified atom stereocenters. The van der Waals surface area contributed by atoms with Crippen LogP contribution in [0.3, 0.4) is 0 Å². The molecule has 1 heterocycles. The van der Waals surface area contributed by atoms with Crippen molar-refractivity contribution in [1.29, 1.82) is 0 Å². The van der Waals surface area contributed by atoms with Crippen LogP contribution in [-0.2, 0) is 31.9 Å². The zero-order chi connectivity index (χ0) is 23.0. The number of hydrogen-bond acceptors (Lipinski definition) is 7. The van der Waals surface area contributed by atoms with Gasteiger partial charge in [0.2, 0.25) is 5.89 Å². The number of benzene rings is 2. The van der Waals surface area contributed by atoms with Crippen LogP contribution >= 0.6 is 0 Å². The first-order valence-electron chi connectivity index (χ1n) is 10.5. The highest BCUT2D eigenvalue weighted by Gasteiger charge is 2.14. The highest BCUT2D eigenvalue weighted by atomic mass is 32.2. The molecule has 0 saturated carbocycles. The van der Waals surface area contributed by atoms with Crippen molar-refractivity contribution in [2.45, 2.75) is 32.8 Å². The summed E-state index contributed by atoms with van der Waals surface area (Å²) in [6, 6.07) is 17.5. The fourth-order valence-electron chi connectivity index (χ4n) is 3.22. The Labute approximate surface area is 189 Å². The molecule has 3 aromatic rings. The van der Waals surface area contributed by atoms with E-state index in [1.165, 1.54) is 0 Å². The molecule has 0 aliphatic rings. The fourth-order valence-corrected chi connectivity index (χ4v) is 3.61. The van der Waals surface area contributed by atoms with Gasteiger partial charge in [0.15, 0.2) is 0 Å². The van der Waals surface area contributed by atoms with Gasteiger partial charge >= 0.3 is 0 Å². The summed E-state index contributed by atoms with van der Waals surface area (Å²) in [4.78, 5) is 4.59. The average molecular weight is 460 g/mol. The molecule has 1 atom stereocenters. The molecule has 0 bridgehead atoms. The summed E-state index contributed by atoms with van der Waals surface area (Å²) in [7, 11) is -3.50. The van der Waals surface area contributed by atoms with Crippen LogP contribution in [0.4, 0.5) is 0 Å². The standard InChI is InChI=1S/C24H29NO6S/c1-4-28-22(17-30-32(3,26)27)16-19-10-12-21(13-11-19)29-15-14-23-18(2)31-24(25-23)20-8-6-5-7-9-20/h5-13,22H,4,14-17H2,1-3H3/t22-/m0/s1. The highest BCUT2D eigenvalue weighted by Crippen LogP contribution is 2.22. The molecule has 1 aromatic heterocycles. The zero-order valence-corrected chi connectivity index (χ0v) is 19.4. The van der Waals surface area contributed by atoms with Gasteiger partial charge in [-0.25, -0.2) is 4.98 Å². The van der Waals surface area contributed by atoms with Crippen molar-refractivity contribution < 1.29 is 26.5 Å². The van der Waals surface area contributed by atoms with Gasteiger partial charge in [0.1, 0.15) is 11.5 Å². The normalized spacial score (nSPS) is 12.6. The lowest BCUT2D eigenvalue weighted by molar-refractivity contribution is 0.0301. The van der Waals surface area contributed by atoms with Crippen LogP contribution in [0.25, 0.3) is 11.5 Å². The second-order valence-electron chi connectivity index (χ2n) is 7.40. The summed E-state index contributed by atoms with van der Waals surface area (Å²) in [5.74, 6) is 2.16. The maximum atomic E-state index is 11.2. The van der Waals surface area contributed by atoms with Crippen LogP contribution in [0, 0.1) is 6.92 Å². The SMILES string of the molecule is CCO[C@H](COS(C)(=O)=O)Cc1ccc(OCCc2nc(-c3ccccc3)oc2C)cc1. The number of ether oxygens (including phenoxy) is 2. The summed E-state index contributed by atoms with van der Waals surface area (Å²) in [5.41, 5.74) is 2.84. The largest absolute Gasteiger partial charge is 0.493 e. The van der Waals surface area contributed by atoms with Crippen molar-refractivity contribution in [2.24, 2.45) is 0 Å². The Hall–Kier alpha value is -2.68. The summed E-state index contributed by atoms with van der Waals surface area (Å²) in [5, 5.41) is 0. The topological polar surface area (TPSA) is 87.9 Å². The van der Waals surface area contributed by atoms with Crippen molar-refractivity contribution >= 4 is 10.1 Å². The molecule has 0 saturated heterocycles. The molecule has 7 nitrogen and oxygen atoms in total. The lowest BCUT2D eigenvalue weighted by Gasteiger charge is -2.16. The Morgan fingerprint density at radius 3 is 2.44 bits per heavy atom. The number of rotatable bonds is 12. The molecule has 0 amide bonds. The third kappa shape index (κ3) is 7.47. The van der Waals surface area contributed by atoms with Crippen LogP contribution < -0.4 is 4.74 Å². The predicted molar refractivity (Wildman–Crippen MR) is 122 cm³/mol. The molecule has 3 rings (SSSR count). The lowest BCUT2D eigenvalue weighted by atomic mass is 10.1. The van der Waals surface area contributed by atoms with Crippen molar-refractivity contribution in [2.75, 3.05) is 26.1 Å². The maximum absolute atomic E-state index is 11.2. The number of oxazole rings is 1. The number of aromatic nitrogens is 1. The second kappa shape index (κ2) is 11.3. The molecular formula is C24H29NO6S. The Morgan fingerprint density at radius 2 is 1.78 bits per heavy atom. The van der Waals surface area contributed by atoms with Gasteiger partial charge in [-0.3, -0.25) is 4.18 Å². The van der Waals surface area contributed by atoms with Gasteiger partial charge in [0.25, 0.3) is 10.1 Å². The van der Waals surface area contributed by atoms with Crippen molar-refractivity contribution in [3.8, 4) is 17.2 Å². The van der Waals surface area contributed by atoms with Gasteiger partial charge in [-0.1, -0.05) is 30.3 Å². The Balaban J connectivity index is 1.51. The van der Waals surface area contributed by atoms with Crippen LogP contribution in [0.2, 0.25) is 0 Å². The zero-order valence-electron chi connectivity index (χ0n) is 18.6. The van der Waals surface area contributed by atoms with Crippen molar-refractivity contribution in [1.82, 2.24) is 4.98 Å². The van der Waals surface area contributed by atoms with Crippen LogP contribution in [0.1, 0.15) is 23.9 Å².